The summed E-state index contributed by atoms with van der Waals surface area (Å²) in [7, 11) is 1.84. The van der Waals surface area contributed by atoms with Crippen LogP contribution in [-0.2, 0) is 11.2 Å². The van der Waals surface area contributed by atoms with E-state index in [0.29, 0.717) is 5.41 Å². The molecule has 28 heavy (non-hydrogen) atoms. The minimum atomic E-state index is 0.354. The molecule has 1 heterocycles. The van der Waals surface area contributed by atoms with E-state index < -0.39 is 0 Å². The van der Waals surface area contributed by atoms with Crippen LogP contribution in [0.15, 0.2) is 41.5 Å². The molecule has 1 saturated carbocycles. The predicted octanol–water partition coefficient (Wildman–Crippen LogP) is 3.93. The highest BCUT2D eigenvalue weighted by Crippen LogP contribution is 2.40. The zero-order valence-corrected chi connectivity index (χ0v) is 17.3. The second-order valence-electron chi connectivity index (χ2n) is 7.75. The number of guanidine groups is 1. The fourth-order valence-electron chi connectivity index (χ4n) is 4.25. The second-order valence-corrected chi connectivity index (χ2v) is 7.75. The van der Waals surface area contributed by atoms with Crippen LogP contribution >= 0.6 is 0 Å². The van der Waals surface area contributed by atoms with Crippen molar-refractivity contribution in [2.24, 2.45) is 10.4 Å². The molecule has 3 rings (SSSR count). The van der Waals surface area contributed by atoms with Crippen molar-refractivity contribution in [3.05, 3.63) is 42.1 Å². The number of pyridine rings is 1. The Morgan fingerprint density at radius 1 is 1.18 bits per heavy atom. The van der Waals surface area contributed by atoms with Crippen molar-refractivity contribution in [2.45, 2.75) is 45.4 Å². The van der Waals surface area contributed by atoms with Gasteiger partial charge in [0.25, 0.3) is 0 Å². The van der Waals surface area contributed by atoms with Gasteiger partial charge in [0.15, 0.2) is 5.96 Å². The molecule has 0 amide bonds. The quantitative estimate of drug-likeness (QED) is 0.392. The Hall–Kier alpha value is -2.14. The van der Waals surface area contributed by atoms with E-state index in [1.165, 1.54) is 36.6 Å². The smallest absolute Gasteiger partial charge is 0.191 e. The molecule has 0 spiro atoms. The van der Waals surface area contributed by atoms with Crippen LogP contribution in [0.2, 0.25) is 0 Å². The summed E-state index contributed by atoms with van der Waals surface area (Å²) in [5.74, 6) is 0.885. The van der Waals surface area contributed by atoms with Gasteiger partial charge in [-0.05, 0) is 49.7 Å². The monoisotopic (exact) mass is 382 g/mol. The van der Waals surface area contributed by atoms with Crippen LogP contribution in [-0.4, -0.2) is 44.3 Å². The molecule has 0 atom stereocenters. The van der Waals surface area contributed by atoms with E-state index >= 15 is 0 Å². The summed E-state index contributed by atoms with van der Waals surface area (Å²) in [4.78, 5) is 8.96. The van der Waals surface area contributed by atoms with E-state index in [9.17, 15) is 0 Å². The SMILES string of the molecule is CCOCCC1(CNC(=NC)NCCc2cccc3cccnc23)CCCC1. The Morgan fingerprint density at radius 3 is 2.79 bits per heavy atom. The van der Waals surface area contributed by atoms with Gasteiger partial charge in [0.1, 0.15) is 0 Å². The summed E-state index contributed by atoms with van der Waals surface area (Å²) in [6, 6.07) is 10.5. The summed E-state index contributed by atoms with van der Waals surface area (Å²) in [6.45, 7) is 5.53. The lowest BCUT2D eigenvalue weighted by atomic mass is 9.83. The molecule has 0 bridgehead atoms. The fourth-order valence-corrected chi connectivity index (χ4v) is 4.25. The minimum Gasteiger partial charge on any atom is -0.382 e. The first-order valence-electron chi connectivity index (χ1n) is 10.6. The Kier molecular flexibility index (Phi) is 7.66. The van der Waals surface area contributed by atoms with E-state index in [4.69, 9.17) is 4.74 Å². The normalized spacial score (nSPS) is 16.4. The Bertz CT molecular complexity index is 763. The molecule has 1 aliphatic carbocycles. The maximum absolute atomic E-state index is 5.62. The van der Waals surface area contributed by atoms with Gasteiger partial charge in [-0.1, -0.05) is 37.1 Å². The summed E-state index contributed by atoms with van der Waals surface area (Å²) in [6.07, 6.45) is 9.14. The predicted molar refractivity (Wildman–Crippen MR) is 117 cm³/mol. The Morgan fingerprint density at radius 2 is 2.00 bits per heavy atom. The molecule has 0 saturated heterocycles. The van der Waals surface area contributed by atoms with E-state index in [0.717, 1.165) is 50.6 Å². The number of hydrogen-bond donors (Lipinski definition) is 2. The van der Waals surface area contributed by atoms with Crippen LogP contribution in [0.5, 0.6) is 0 Å². The highest BCUT2D eigenvalue weighted by atomic mass is 16.5. The van der Waals surface area contributed by atoms with Crippen LogP contribution in [0, 0.1) is 5.41 Å². The molecule has 152 valence electrons. The maximum atomic E-state index is 5.62. The number of benzene rings is 1. The summed E-state index contributed by atoms with van der Waals surface area (Å²) in [5.41, 5.74) is 2.72. The van der Waals surface area contributed by atoms with Gasteiger partial charge >= 0.3 is 0 Å². The lowest BCUT2D eigenvalue weighted by molar-refractivity contribution is 0.105. The van der Waals surface area contributed by atoms with E-state index in [1.54, 1.807) is 0 Å². The zero-order chi connectivity index (χ0) is 19.7. The number of para-hydroxylation sites is 1. The molecule has 1 aromatic heterocycles. The van der Waals surface area contributed by atoms with Crippen LogP contribution in [0.4, 0.5) is 0 Å². The molecule has 1 aromatic carbocycles. The lowest BCUT2D eigenvalue weighted by Crippen LogP contribution is -2.44. The second kappa shape index (κ2) is 10.4. The first-order valence-corrected chi connectivity index (χ1v) is 10.6. The van der Waals surface area contributed by atoms with Crippen molar-refractivity contribution in [2.75, 3.05) is 33.4 Å². The van der Waals surface area contributed by atoms with Crippen LogP contribution < -0.4 is 10.6 Å². The minimum absolute atomic E-state index is 0.354. The van der Waals surface area contributed by atoms with Crippen molar-refractivity contribution in [3.63, 3.8) is 0 Å². The summed E-state index contributed by atoms with van der Waals surface area (Å²) in [5, 5.41) is 8.24. The molecule has 0 unspecified atom stereocenters. The van der Waals surface area contributed by atoms with Gasteiger partial charge in [0.2, 0.25) is 0 Å². The molecular formula is C23H34N4O. The third-order valence-electron chi connectivity index (χ3n) is 5.90. The van der Waals surface area contributed by atoms with Crippen LogP contribution in [0.25, 0.3) is 10.9 Å². The fraction of sp³-hybridized carbons (Fsp3) is 0.565. The van der Waals surface area contributed by atoms with Gasteiger partial charge in [0.05, 0.1) is 5.52 Å². The summed E-state index contributed by atoms with van der Waals surface area (Å²) < 4.78 is 5.62. The van der Waals surface area contributed by atoms with Gasteiger partial charge in [-0.15, -0.1) is 0 Å². The van der Waals surface area contributed by atoms with E-state index in [2.05, 4.69) is 51.8 Å². The molecule has 5 heteroatoms. The molecule has 0 radical (unpaired) electrons. The van der Waals surface area contributed by atoms with Gasteiger partial charge in [0, 0.05) is 44.9 Å². The summed E-state index contributed by atoms with van der Waals surface area (Å²) >= 11 is 0. The molecule has 1 fully saturated rings. The molecule has 5 nitrogen and oxygen atoms in total. The number of aromatic nitrogens is 1. The van der Waals surface area contributed by atoms with Crippen molar-refractivity contribution in [1.29, 1.82) is 0 Å². The number of ether oxygens (including phenoxy) is 1. The highest BCUT2D eigenvalue weighted by Gasteiger charge is 2.33. The van der Waals surface area contributed by atoms with Gasteiger partial charge in [-0.25, -0.2) is 0 Å². The molecule has 0 aliphatic heterocycles. The van der Waals surface area contributed by atoms with Crippen molar-refractivity contribution in [3.8, 4) is 0 Å². The number of fused-ring (bicyclic) bond motifs is 1. The number of aliphatic imine (C=N–C) groups is 1. The first-order chi connectivity index (χ1) is 13.8. The van der Waals surface area contributed by atoms with Gasteiger partial charge in [-0.2, -0.15) is 0 Å². The number of hydrogen-bond acceptors (Lipinski definition) is 3. The average molecular weight is 383 g/mol. The van der Waals surface area contributed by atoms with Crippen LogP contribution in [0.1, 0.15) is 44.6 Å². The highest BCUT2D eigenvalue weighted by molar-refractivity contribution is 5.82. The first kappa shape index (κ1) is 20.6. The Balaban J connectivity index is 1.50. The van der Waals surface area contributed by atoms with E-state index in [-0.39, 0.29) is 0 Å². The third kappa shape index (κ3) is 5.44. The molecule has 2 N–H and O–H groups in total. The number of nitrogens with one attached hydrogen (secondary N) is 2. The molecule has 1 aliphatic rings. The number of nitrogens with zero attached hydrogens (tertiary/aromatic N) is 2. The van der Waals surface area contributed by atoms with Gasteiger partial charge in [-0.3, -0.25) is 9.98 Å². The van der Waals surface area contributed by atoms with E-state index in [1.807, 2.05) is 19.3 Å². The lowest BCUT2D eigenvalue weighted by Gasteiger charge is -2.30. The standard InChI is InChI=1S/C23H34N4O/c1-3-28-17-14-23(12-4-5-13-23)18-27-22(24-2)26-16-11-20-9-6-8-19-10-7-15-25-21(19)20/h6-10,15H,3-5,11-14,16-18H2,1-2H3,(H2,24,26,27). The topological polar surface area (TPSA) is 58.5 Å². The Labute approximate surface area is 169 Å². The average Bonchev–Trinajstić information content (AvgIpc) is 3.20. The van der Waals surface area contributed by atoms with Crippen molar-refractivity contribution >= 4 is 16.9 Å². The van der Waals surface area contributed by atoms with Crippen LogP contribution in [0.3, 0.4) is 0 Å². The number of rotatable bonds is 9. The van der Waals surface area contributed by atoms with Crippen molar-refractivity contribution in [1.82, 2.24) is 15.6 Å². The van der Waals surface area contributed by atoms with Gasteiger partial charge < -0.3 is 15.4 Å². The maximum Gasteiger partial charge on any atom is 0.191 e. The largest absolute Gasteiger partial charge is 0.382 e. The van der Waals surface area contributed by atoms with Crippen molar-refractivity contribution < 1.29 is 4.74 Å². The zero-order valence-electron chi connectivity index (χ0n) is 17.3. The molecule has 2 aromatic rings. The third-order valence-corrected chi connectivity index (χ3v) is 5.90. The molecular weight excluding hydrogens is 348 g/mol.